The van der Waals surface area contributed by atoms with Crippen LogP contribution in [0.3, 0.4) is 0 Å². The Morgan fingerprint density at radius 2 is 1.81 bits per heavy atom. The molecule has 0 saturated heterocycles. The molecule has 0 aliphatic rings. The monoisotopic (exact) mass is 318 g/mol. The van der Waals surface area contributed by atoms with E-state index in [0.29, 0.717) is 12.2 Å². The number of anilines is 1. The molecule has 0 bridgehead atoms. The van der Waals surface area contributed by atoms with Crippen molar-refractivity contribution in [1.29, 1.82) is 0 Å². The van der Waals surface area contributed by atoms with E-state index in [1.165, 1.54) is 11.3 Å². The third-order valence-electron chi connectivity index (χ3n) is 3.13. The number of nitrogens with one attached hydrogen (secondary N) is 1. The van der Waals surface area contributed by atoms with Crippen LogP contribution in [0.15, 0.2) is 58.1 Å². The minimum absolute atomic E-state index is 0.274. The molecular weight excluding hydrogens is 304 g/mol. The Labute approximate surface area is 127 Å². The average molecular weight is 318 g/mol. The van der Waals surface area contributed by atoms with Crippen molar-refractivity contribution < 1.29 is 8.42 Å². The summed E-state index contributed by atoms with van der Waals surface area (Å²) in [4.78, 5) is 0. The standard InChI is InChI=1S/C15H14N2O2S2/c16-9-11-7-15(20-10-11)21(18,19)17-14-6-5-12-3-1-2-4-13(12)8-14/h1-8,10,17H,9,16H2. The Bertz CT molecular complexity index is 885. The molecule has 0 radical (unpaired) electrons. The second-order valence-electron chi connectivity index (χ2n) is 4.65. The van der Waals surface area contributed by atoms with Crippen LogP contribution in [0, 0.1) is 0 Å². The van der Waals surface area contributed by atoms with Crippen LogP contribution in [0.5, 0.6) is 0 Å². The lowest BCUT2D eigenvalue weighted by atomic mass is 10.1. The lowest BCUT2D eigenvalue weighted by molar-refractivity contribution is 0.603. The molecule has 21 heavy (non-hydrogen) atoms. The first kappa shape index (κ1) is 14.1. The van der Waals surface area contributed by atoms with Gasteiger partial charge >= 0.3 is 0 Å². The Morgan fingerprint density at radius 3 is 2.52 bits per heavy atom. The highest BCUT2D eigenvalue weighted by Crippen LogP contribution is 2.25. The van der Waals surface area contributed by atoms with Gasteiger partial charge in [0.25, 0.3) is 10.0 Å². The van der Waals surface area contributed by atoms with Gasteiger partial charge in [0.15, 0.2) is 0 Å². The van der Waals surface area contributed by atoms with Gasteiger partial charge in [-0.25, -0.2) is 8.42 Å². The van der Waals surface area contributed by atoms with Crippen LogP contribution < -0.4 is 10.5 Å². The van der Waals surface area contributed by atoms with Crippen molar-refractivity contribution in [2.24, 2.45) is 5.73 Å². The van der Waals surface area contributed by atoms with Gasteiger partial charge in [0, 0.05) is 12.2 Å². The lowest BCUT2D eigenvalue weighted by Crippen LogP contribution is -2.11. The number of thiophene rings is 1. The largest absolute Gasteiger partial charge is 0.326 e. The highest BCUT2D eigenvalue weighted by molar-refractivity contribution is 7.94. The molecule has 6 heteroatoms. The third kappa shape index (κ3) is 2.92. The quantitative estimate of drug-likeness (QED) is 0.776. The smallest absolute Gasteiger partial charge is 0.271 e. The van der Waals surface area contributed by atoms with E-state index in [0.717, 1.165) is 16.3 Å². The normalized spacial score (nSPS) is 11.7. The maximum Gasteiger partial charge on any atom is 0.271 e. The van der Waals surface area contributed by atoms with Crippen molar-refractivity contribution in [3.63, 3.8) is 0 Å². The maximum absolute atomic E-state index is 12.3. The Morgan fingerprint density at radius 1 is 1.05 bits per heavy atom. The zero-order chi connectivity index (χ0) is 14.9. The second-order valence-corrected chi connectivity index (χ2v) is 7.47. The second kappa shape index (κ2) is 5.48. The number of hydrogen-bond donors (Lipinski definition) is 2. The van der Waals surface area contributed by atoms with Crippen molar-refractivity contribution in [3.8, 4) is 0 Å². The molecule has 0 unspecified atom stereocenters. The predicted octanol–water partition coefficient (Wildman–Crippen LogP) is 3.16. The van der Waals surface area contributed by atoms with Gasteiger partial charge in [-0.15, -0.1) is 11.3 Å². The Balaban J connectivity index is 1.93. The van der Waals surface area contributed by atoms with Crippen molar-refractivity contribution in [1.82, 2.24) is 0 Å². The van der Waals surface area contributed by atoms with Crippen LogP contribution in [-0.4, -0.2) is 8.42 Å². The molecule has 4 nitrogen and oxygen atoms in total. The number of fused-ring (bicyclic) bond motifs is 1. The van der Waals surface area contributed by atoms with Gasteiger partial charge in [-0.1, -0.05) is 30.3 Å². The fourth-order valence-electron chi connectivity index (χ4n) is 2.06. The van der Waals surface area contributed by atoms with Gasteiger partial charge in [0.1, 0.15) is 4.21 Å². The molecule has 0 aliphatic carbocycles. The summed E-state index contributed by atoms with van der Waals surface area (Å²) in [5.74, 6) is 0. The fourth-order valence-corrected chi connectivity index (χ4v) is 4.33. The molecule has 0 amide bonds. The minimum Gasteiger partial charge on any atom is -0.326 e. The molecule has 1 aromatic heterocycles. The van der Waals surface area contributed by atoms with E-state index in [4.69, 9.17) is 5.73 Å². The van der Waals surface area contributed by atoms with E-state index < -0.39 is 10.0 Å². The molecular formula is C15H14N2O2S2. The summed E-state index contributed by atoms with van der Waals surface area (Å²) in [5, 5.41) is 3.82. The zero-order valence-corrected chi connectivity index (χ0v) is 12.7. The molecule has 3 rings (SSSR count). The van der Waals surface area contributed by atoms with Crippen molar-refractivity contribution >= 4 is 37.8 Å². The molecule has 0 fully saturated rings. The number of benzene rings is 2. The van der Waals surface area contributed by atoms with Crippen molar-refractivity contribution in [3.05, 3.63) is 59.5 Å². The zero-order valence-electron chi connectivity index (χ0n) is 11.1. The first-order valence-corrected chi connectivity index (χ1v) is 8.74. The maximum atomic E-state index is 12.3. The number of nitrogens with two attached hydrogens (primary N) is 1. The summed E-state index contributed by atoms with van der Waals surface area (Å²) in [6, 6.07) is 14.9. The van der Waals surface area contributed by atoms with Crippen molar-refractivity contribution in [2.45, 2.75) is 10.8 Å². The molecule has 1 heterocycles. The summed E-state index contributed by atoms with van der Waals surface area (Å²) in [6.07, 6.45) is 0. The van der Waals surface area contributed by atoms with E-state index in [2.05, 4.69) is 4.72 Å². The van der Waals surface area contributed by atoms with Crippen LogP contribution in [0.25, 0.3) is 10.8 Å². The van der Waals surface area contributed by atoms with Gasteiger partial charge in [0.2, 0.25) is 0 Å². The van der Waals surface area contributed by atoms with Gasteiger partial charge < -0.3 is 5.73 Å². The predicted molar refractivity (Wildman–Crippen MR) is 87.0 cm³/mol. The molecule has 0 atom stereocenters. The van der Waals surface area contributed by atoms with E-state index in [9.17, 15) is 8.42 Å². The molecule has 0 aliphatic heterocycles. The van der Waals surface area contributed by atoms with Crippen LogP contribution in [0.1, 0.15) is 5.56 Å². The summed E-state index contributed by atoms with van der Waals surface area (Å²) in [7, 11) is -3.56. The Hall–Kier alpha value is -1.89. The van der Waals surface area contributed by atoms with Gasteiger partial charge in [-0.05, 0) is 39.9 Å². The third-order valence-corrected chi connectivity index (χ3v) is 6.00. The highest BCUT2D eigenvalue weighted by atomic mass is 32.2. The molecule has 0 spiro atoms. The van der Waals surface area contributed by atoms with Crippen molar-refractivity contribution in [2.75, 3.05) is 4.72 Å². The molecule has 3 N–H and O–H groups in total. The highest BCUT2D eigenvalue weighted by Gasteiger charge is 2.16. The minimum atomic E-state index is -3.56. The molecule has 108 valence electrons. The van der Waals surface area contributed by atoms with E-state index in [1.54, 1.807) is 17.5 Å². The molecule has 0 saturated carbocycles. The van der Waals surface area contributed by atoms with Gasteiger partial charge in [-0.2, -0.15) is 0 Å². The fraction of sp³-hybridized carbons (Fsp3) is 0.0667. The summed E-state index contributed by atoms with van der Waals surface area (Å²) < 4.78 is 27.5. The van der Waals surface area contributed by atoms with Gasteiger partial charge in [0.05, 0.1) is 0 Å². The van der Waals surface area contributed by atoms with E-state index in [1.807, 2.05) is 36.4 Å². The van der Waals surface area contributed by atoms with Gasteiger partial charge in [-0.3, -0.25) is 4.72 Å². The van der Waals surface area contributed by atoms with E-state index >= 15 is 0 Å². The van der Waals surface area contributed by atoms with Crippen LogP contribution in [-0.2, 0) is 16.6 Å². The SMILES string of the molecule is NCc1csc(S(=O)(=O)Nc2ccc3ccccc3c2)c1. The number of sulfonamides is 1. The summed E-state index contributed by atoms with van der Waals surface area (Å²) in [6.45, 7) is 0.335. The first-order chi connectivity index (χ1) is 10.1. The molecule has 2 aromatic carbocycles. The Kier molecular flexibility index (Phi) is 3.67. The average Bonchev–Trinajstić information content (AvgIpc) is 2.96. The topological polar surface area (TPSA) is 72.2 Å². The van der Waals surface area contributed by atoms with Crippen LogP contribution in [0.4, 0.5) is 5.69 Å². The molecule has 3 aromatic rings. The summed E-state index contributed by atoms with van der Waals surface area (Å²) in [5.41, 5.74) is 6.88. The van der Waals surface area contributed by atoms with E-state index in [-0.39, 0.29) is 4.21 Å². The number of rotatable bonds is 4. The lowest BCUT2D eigenvalue weighted by Gasteiger charge is -2.07. The van der Waals surface area contributed by atoms with Crippen LogP contribution >= 0.6 is 11.3 Å². The first-order valence-electron chi connectivity index (χ1n) is 6.37. The summed E-state index contributed by atoms with van der Waals surface area (Å²) >= 11 is 1.17. The van der Waals surface area contributed by atoms with Crippen LogP contribution in [0.2, 0.25) is 0 Å². The number of hydrogen-bond acceptors (Lipinski definition) is 4.